The molecule has 3 atom stereocenters. The minimum absolute atomic E-state index is 0.0446. The Labute approximate surface area is 142 Å². The van der Waals surface area contributed by atoms with Crippen molar-refractivity contribution in [1.29, 1.82) is 0 Å². The van der Waals surface area contributed by atoms with Crippen molar-refractivity contribution in [2.75, 3.05) is 6.61 Å². The molecule has 1 aromatic carbocycles. The molecule has 0 saturated carbocycles. The Balaban J connectivity index is 2.79. The lowest BCUT2D eigenvalue weighted by molar-refractivity contribution is -0.147. The third-order valence-corrected chi connectivity index (χ3v) is 5.14. The molecule has 0 saturated heterocycles. The summed E-state index contributed by atoms with van der Waals surface area (Å²) in [6, 6.07) is 9.99. The van der Waals surface area contributed by atoms with Crippen molar-refractivity contribution >= 4 is 17.0 Å². The van der Waals surface area contributed by atoms with E-state index < -0.39 is 11.0 Å². The molecule has 1 N–H and O–H groups in total. The third kappa shape index (κ3) is 7.27. The maximum absolute atomic E-state index is 12.4. The number of nitrogens with one attached hydrogen (secondary N) is 1. The second-order valence-electron chi connectivity index (χ2n) is 6.77. The summed E-state index contributed by atoms with van der Waals surface area (Å²) in [5.41, 5.74) is 1.16. The number of rotatable bonds is 8. The van der Waals surface area contributed by atoms with E-state index in [2.05, 4.69) is 4.72 Å². The fraction of sp³-hybridized carbons (Fsp3) is 0.611. The van der Waals surface area contributed by atoms with Crippen molar-refractivity contribution in [2.24, 2.45) is 5.92 Å². The fourth-order valence-corrected chi connectivity index (χ4v) is 3.04. The minimum Gasteiger partial charge on any atom is -0.466 e. The monoisotopic (exact) mass is 339 g/mol. The van der Waals surface area contributed by atoms with E-state index in [0.717, 1.165) is 12.0 Å². The number of hydrogen-bond donors (Lipinski definition) is 1. The van der Waals surface area contributed by atoms with Crippen LogP contribution in [0.1, 0.15) is 46.6 Å². The summed E-state index contributed by atoms with van der Waals surface area (Å²) >= 11 is 0. The number of carbonyl (C=O) groups excluding carboxylic acids is 1. The molecule has 0 fully saturated rings. The highest BCUT2D eigenvalue weighted by molar-refractivity contribution is 7.84. The molecule has 5 heteroatoms. The molecule has 0 aliphatic heterocycles. The molecule has 0 spiro atoms. The van der Waals surface area contributed by atoms with E-state index in [-0.39, 0.29) is 22.7 Å². The predicted octanol–water partition coefficient (Wildman–Crippen LogP) is 3.24. The summed E-state index contributed by atoms with van der Waals surface area (Å²) in [5, 5.41) is 0. The van der Waals surface area contributed by atoms with Crippen molar-refractivity contribution in [2.45, 2.75) is 58.2 Å². The number of ether oxygens (including phenoxy) is 1. The molecule has 1 rings (SSSR count). The van der Waals surface area contributed by atoms with Crippen LogP contribution in [0, 0.1) is 5.92 Å². The van der Waals surface area contributed by atoms with Crippen LogP contribution < -0.4 is 4.72 Å². The van der Waals surface area contributed by atoms with Gasteiger partial charge in [0.25, 0.3) is 0 Å². The summed E-state index contributed by atoms with van der Waals surface area (Å²) in [6.07, 6.45) is 1.32. The van der Waals surface area contributed by atoms with Gasteiger partial charge in [0.1, 0.15) is 0 Å². The molecule has 0 aromatic heterocycles. The van der Waals surface area contributed by atoms with Gasteiger partial charge in [0, 0.05) is 6.04 Å². The number of hydrogen-bond acceptors (Lipinski definition) is 3. The molecule has 1 unspecified atom stereocenters. The maximum atomic E-state index is 12.4. The zero-order valence-electron chi connectivity index (χ0n) is 14.8. The van der Waals surface area contributed by atoms with Crippen molar-refractivity contribution in [3.05, 3.63) is 35.9 Å². The van der Waals surface area contributed by atoms with Gasteiger partial charge in [-0.05, 0) is 46.1 Å². The Morgan fingerprint density at radius 2 is 1.87 bits per heavy atom. The summed E-state index contributed by atoms with van der Waals surface area (Å²) < 4.78 is 20.4. The molecule has 130 valence electrons. The van der Waals surface area contributed by atoms with E-state index in [1.54, 1.807) is 6.92 Å². The molecule has 4 nitrogen and oxygen atoms in total. The average molecular weight is 340 g/mol. The summed E-state index contributed by atoms with van der Waals surface area (Å²) in [7, 11) is -1.18. The molecule has 0 aliphatic carbocycles. The third-order valence-electron chi connectivity index (χ3n) is 3.48. The van der Waals surface area contributed by atoms with E-state index >= 15 is 0 Å². The number of benzene rings is 1. The van der Waals surface area contributed by atoms with E-state index in [4.69, 9.17) is 4.74 Å². The van der Waals surface area contributed by atoms with Crippen LogP contribution in [0.2, 0.25) is 0 Å². The van der Waals surface area contributed by atoms with Crippen molar-refractivity contribution in [3.63, 3.8) is 0 Å². The van der Waals surface area contributed by atoms with Gasteiger partial charge in [-0.1, -0.05) is 37.3 Å². The lowest BCUT2D eigenvalue weighted by atomic mass is 9.97. The second-order valence-corrected chi connectivity index (χ2v) is 8.77. The zero-order valence-corrected chi connectivity index (χ0v) is 15.6. The van der Waals surface area contributed by atoms with Gasteiger partial charge in [0.2, 0.25) is 0 Å². The summed E-state index contributed by atoms with van der Waals surface area (Å²) in [5.74, 6) is -0.429. The highest BCUT2D eigenvalue weighted by atomic mass is 32.2. The van der Waals surface area contributed by atoms with Gasteiger partial charge >= 0.3 is 5.97 Å². The van der Waals surface area contributed by atoms with Crippen LogP contribution in [-0.4, -0.2) is 27.6 Å². The first-order valence-corrected chi connectivity index (χ1v) is 9.27. The van der Waals surface area contributed by atoms with Crippen molar-refractivity contribution in [3.8, 4) is 0 Å². The van der Waals surface area contributed by atoms with Gasteiger partial charge in [0.05, 0.1) is 28.3 Å². The topological polar surface area (TPSA) is 55.4 Å². The zero-order chi connectivity index (χ0) is 17.5. The number of carbonyl (C=O) groups is 1. The SMILES string of the molecule is CCOC(=O)[C@@H](C)C[C@H](Cc1ccccc1)NS(=O)C(C)(C)C. The van der Waals surface area contributed by atoms with Gasteiger partial charge in [0.15, 0.2) is 0 Å². The van der Waals surface area contributed by atoms with Crippen molar-refractivity contribution in [1.82, 2.24) is 4.72 Å². The Bertz CT molecular complexity index is 511. The maximum Gasteiger partial charge on any atom is 0.308 e. The first-order valence-electron chi connectivity index (χ1n) is 8.12. The number of esters is 1. The van der Waals surface area contributed by atoms with Crippen LogP contribution in [-0.2, 0) is 26.9 Å². The highest BCUT2D eigenvalue weighted by Gasteiger charge is 2.26. The Morgan fingerprint density at radius 1 is 1.26 bits per heavy atom. The fourth-order valence-electron chi connectivity index (χ4n) is 2.21. The van der Waals surface area contributed by atoms with Crippen LogP contribution in [0.15, 0.2) is 30.3 Å². The van der Waals surface area contributed by atoms with Crippen LogP contribution in [0.25, 0.3) is 0 Å². The van der Waals surface area contributed by atoms with Gasteiger partial charge in [-0.3, -0.25) is 4.79 Å². The van der Waals surface area contributed by atoms with E-state index in [0.29, 0.717) is 13.0 Å². The van der Waals surface area contributed by atoms with E-state index in [9.17, 15) is 9.00 Å². The molecule has 0 radical (unpaired) electrons. The Hall–Kier alpha value is -1.20. The Kier molecular flexibility index (Phi) is 7.92. The van der Waals surface area contributed by atoms with Crippen LogP contribution in [0.5, 0.6) is 0 Å². The minimum atomic E-state index is -1.18. The second kappa shape index (κ2) is 9.18. The lowest BCUT2D eigenvalue weighted by Crippen LogP contribution is -2.42. The lowest BCUT2D eigenvalue weighted by Gasteiger charge is -2.26. The largest absolute Gasteiger partial charge is 0.466 e. The molecule has 23 heavy (non-hydrogen) atoms. The van der Waals surface area contributed by atoms with Gasteiger partial charge in [-0.15, -0.1) is 0 Å². The van der Waals surface area contributed by atoms with Gasteiger partial charge < -0.3 is 4.74 Å². The van der Waals surface area contributed by atoms with E-state index in [1.807, 2.05) is 58.0 Å². The summed E-state index contributed by atoms with van der Waals surface area (Å²) in [6.45, 7) is 9.85. The quantitative estimate of drug-likeness (QED) is 0.740. The van der Waals surface area contributed by atoms with E-state index in [1.165, 1.54) is 0 Å². The first kappa shape index (κ1) is 19.8. The van der Waals surface area contributed by atoms with Gasteiger partial charge in [-0.25, -0.2) is 8.93 Å². The molecule has 0 aliphatic rings. The molecule has 0 heterocycles. The average Bonchev–Trinajstić information content (AvgIpc) is 2.47. The molecular weight excluding hydrogens is 310 g/mol. The molecule has 0 bridgehead atoms. The molecule has 1 aromatic rings. The first-order chi connectivity index (χ1) is 10.7. The van der Waals surface area contributed by atoms with Crippen LogP contribution >= 0.6 is 0 Å². The van der Waals surface area contributed by atoms with Crippen LogP contribution in [0.4, 0.5) is 0 Å². The highest BCUT2D eigenvalue weighted by Crippen LogP contribution is 2.16. The van der Waals surface area contributed by atoms with Gasteiger partial charge in [-0.2, -0.15) is 0 Å². The molecule has 0 amide bonds. The van der Waals surface area contributed by atoms with Crippen molar-refractivity contribution < 1.29 is 13.7 Å². The predicted molar refractivity (Wildman–Crippen MR) is 95.4 cm³/mol. The normalized spacial score (nSPS) is 15.7. The van der Waals surface area contributed by atoms with Crippen LogP contribution in [0.3, 0.4) is 0 Å². The smallest absolute Gasteiger partial charge is 0.308 e. The standard InChI is InChI=1S/C18H29NO3S/c1-6-22-17(20)14(2)12-16(19-23(21)18(3,4)5)13-15-10-8-7-9-11-15/h7-11,14,16,19H,6,12-13H2,1-5H3/t14-,16+,23?/m0/s1. The summed E-state index contributed by atoms with van der Waals surface area (Å²) in [4.78, 5) is 11.9. The Morgan fingerprint density at radius 3 is 2.39 bits per heavy atom. The molecular formula is C18H29NO3S.